The van der Waals surface area contributed by atoms with E-state index in [1.807, 2.05) is 25.2 Å². The second-order valence-corrected chi connectivity index (χ2v) is 9.63. The highest BCUT2D eigenvalue weighted by atomic mass is 32.2. The number of amides is 1. The summed E-state index contributed by atoms with van der Waals surface area (Å²) in [4.78, 5) is 24.5. The summed E-state index contributed by atoms with van der Waals surface area (Å²) in [5.41, 5.74) is 1.43. The quantitative estimate of drug-likeness (QED) is 0.635. The Kier molecular flexibility index (Phi) is 5.00. The summed E-state index contributed by atoms with van der Waals surface area (Å²) >= 11 is 3.41. The Labute approximate surface area is 157 Å². The molecule has 4 nitrogen and oxygen atoms in total. The Balaban J connectivity index is 1.54. The summed E-state index contributed by atoms with van der Waals surface area (Å²) in [6.07, 6.45) is 9.54. The lowest BCUT2D eigenvalue weighted by molar-refractivity contribution is -0.121. The summed E-state index contributed by atoms with van der Waals surface area (Å²) in [5.74, 6) is 0.947. The maximum atomic E-state index is 12.6. The first kappa shape index (κ1) is 17.3. The number of nitrogens with zero attached hydrogens (tertiary/aromatic N) is 2. The van der Waals surface area contributed by atoms with Crippen molar-refractivity contribution in [2.75, 3.05) is 0 Å². The molecular weight excluding hydrogens is 350 g/mol. The number of carbonyl (C=O) groups excluding carboxylic acids is 1. The molecule has 25 heavy (non-hydrogen) atoms. The van der Waals surface area contributed by atoms with Gasteiger partial charge >= 0.3 is 0 Å². The molecule has 0 saturated heterocycles. The third kappa shape index (κ3) is 3.56. The van der Waals surface area contributed by atoms with Crippen LogP contribution in [0.3, 0.4) is 0 Å². The van der Waals surface area contributed by atoms with Gasteiger partial charge in [0.05, 0.1) is 5.25 Å². The number of carbonyl (C=O) groups is 1. The molecule has 2 heterocycles. The van der Waals surface area contributed by atoms with Crippen LogP contribution in [0.4, 0.5) is 0 Å². The first-order valence-electron chi connectivity index (χ1n) is 9.37. The molecular formula is C19H25N3OS2. The van der Waals surface area contributed by atoms with E-state index >= 15 is 0 Å². The molecule has 1 fully saturated rings. The van der Waals surface area contributed by atoms with E-state index in [2.05, 4.69) is 10.3 Å². The van der Waals surface area contributed by atoms with E-state index in [0.29, 0.717) is 6.04 Å². The highest BCUT2D eigenvalue weighted by Crippen LogP contribution is 2.41. The maximum Gasteiger partial charge on any atom is 0.233 e. The summed E-state index contributed by atoms with van der Waals surface area (Å²) in [6.45, 7) is 3.94. The van der Waals surface area contributed by atoms with Crippen molar-refractivity contribution in [2.45, 2.75) is 81.5 Å². The summed E-state index contributed by atoms with van der Waals surface area (Å²) in [6, 6.07) is 0.363. The van der Waals surface area contributed by atoms with Gasteiger partial charge in [-0.25, -0.2) is 9.97 Å². The van der Waals surface area contributed by atoms with Crippen molar-refractivity contribution < 1.29 is 4.79 Å². The van der Waals surface area contributed by atoms with Gasteiger partial charge in [0.2, 0.25) is 5.91 Å². The number of hydrogen-bond acceptors (Lipinski definition) is 5. The topological polar surface area (TPSA) is 54.9 Å². The highest BCUT2D eigenvalue weighted by molar-refractivity contribution is 8.00. The smallest absolute Gasteiger partial charge is 0.233 e. The molecule has 0 aliphatic heterocycles. The number of aromatic nitrogens is 2. The van der Waals surface area contributed by atoms with E-state index in [0.717, 1.165) is 41.4 Å². The lowest BCUT2D eigenvalue weighted by atomic mass is 9.95. The number of thioether (sulfide) groups is 1. The van der Waals surface area contributed by atoms with E-state index in [1.54, 1.807) is 11.8 Å². The lowest BCUT2D eigenvalue weighted by Crippen LogP contribution is -2.40. The van der Waals surface area contributed by atoms with Crippen LogP contribution in [0.25, 0.3) is 10.2 Å². The third-order valence-corrected chi connectivity index (χ3v) is 7.52. The molecule has 0 aromatic carbocycles. The van der Waals surface area contributed by atoms with Crippen LogP contribution in [0.15, 0.2) is 5.03 Å². The largest absolute Gasteiger partial charge is 0.352 e. The van der Waals surface area contributed by atoms with Crippen LogP contribution < -0.4 is 5.32 Å². The van der Waals surface area contributed by atoms with Crippen LogP contribution in [0.2, 0.25) is 0 Å². The molecule has 0 spiro atoms. The first-order chi connectivity index (χ1) is 12.1. The van der Waals surface area contributed by atoms with Gasteiger partial charge in [0.25, 0.3) is 0 Å². The zero-order chi connectivity index (χ0) is 17.4. The molecule has 134 valence electrons. The zero-order valence-corrected chi connectivity index (χ0v) is 16.6. The van der Waals surface area contributed by atoms with Gasteiger partial charge in [-0.2, -0.15) is 0 Å². The summed E-state index contributed by atoms with van der Waals surface area (Å²) in [5, 5.41) is 5.33. The summed E-state index contributed by atoms with van der Waals surface area (Å²) < 4.78 is 0. The summed E-state index contributed by atoms with van der Waals surface area (Å²) in [7, 11) is 0. The van der Waals surface area contributed by atoms with E-state index < -0.39 is 0 Å². The first-order valence-corrected chi connectivity index (χ1v) is 11.1. The lowest BCUT2D eigenvalue weighted by Gasteiger charge is -2.24. The molecule has 6 heteroatoms. The predicted octanol–water partition coefficient (Wildman–Crippen LogP) is 4.42. The average molecular weight is 376 g/mol. The van der Waals surface area contributed by atoms with Crippen molar-refractivity contribution in [3.8, 4) is 0 Å². The van der Waals surface area contributed by atoms with Crippen molar-refractivity contribution in [2.24, 2.45) is 0 Å². The number of nitrogens with one attached hydrogen (secondary N) is 1. The number of aryl methyl sites for hydroxylation is 3. The molecule has 1 N–H and O–H groups in total. The van der Waals surface area contributed by atoms with Crippen molar-refractivity contribution in [1.29, 1.82) is 0 Å². The van der Waals surface area contributed by atoms with Gasteiger partial charge in [0.1, 0.15) is 15.7 Å². The Hall–Kier alpha value is -1.14. The fraction of sp³-hybridized carbons (Fsp3) is 0.632. The Morgan fingerprint density at radius 3 is 2.80 bits per heavy atom. The van der Waals surface area contributed by atoms with Gasteiger partial charge in [-0.1, -0.05) is 31.0 Å². The third-order valence-electron chi connectivity index (χ3n) is 5.25. The van der Waals surface area contributed by atoms with Crippen molar-refractivity contribution >= 4 is 39.2 Å². The van der Waals surface area contributed by atoms with E-state index in [4.69, 9.17) is 4.98 Å². The standard InChI is InChI=1S/C19H25N3OS2/c1-11(17(23)22-13-7-4-3-5-8-13)24-18-16-14-9-6-10-15(14)25-19(16)21-12(2)20-18/h11,13H,3-10H2,1-2H3,(H,22,23). The minimum absolute atomic E-state index is 0.128. The van der Waals surface area contributed by atoms with E-state index in [-0.39, 0.29) is 11.2 Å². The maximum absolute atomic E-state index is 12.6. The highest BCUT2D eigenvalue weighted by Gasteiger charge is 2.25. The SMILES string of the molecule is Cc1nc(SC(C)C(=O)NC2CCCCC2)c2c3c(sc2n1)CCC3. The van der Waals surface area contributed by atoms with Crippen LogP contribution in [-0.2, 0) is 17.6 Å². The molecule has 2 aromatic heterocycles. The molecule has 1 saturated carbocycles. The second kappa shape index (κ2) is 7.23. The van der Waals surface area contributed by atoms with Crippen LogP contribution in [0, 0.1) is 6.92 Å². The minimum Gasteiger partial charge on any atom is -0.352 e. The van der Waals surface area contributed by atoms with Gasteiger partial charge in [0, 0.05) is 16.3 Å². The number of hydrogen-bond donors (Lipinski definition) is 1. The van der Waals surface area contributed by atoms with Gasteiger partial charge in [-0.3, -0.25) is 4.79 Å². The Morgan fingerprint density at radius 1 is 1.20 bits per heavy atom. The zero-order valence-electron chi connectivity index (χ0n) is 14.9. The van der Waals surface area contributed by atoms with E-state index in [9.17, 15) is 4.79 Å². The molecule has 1 amide bonds. The number of rotatable bonds is 4. The fourth-order valence-electron chi connectivity index (χ4n) is 3.94. The average Bonchev–Trinajstić information content (AvgIpc) is 3.15. The molecule has 2 aromatic rings. The van der Waals surface area contributed by atoms with Crippen molar-refractivity contribution in [3.05, 3.63) is 16.3 Å². The van der Waals surface area contributed by atoms with Crippen LogP contribution in [0.1, 0.15) is 61.7 Å². The molecule has 2 aliphatic rings. The molecule has 4 rings (SSSR count). The molecule has 1 atom stereocenters. The van der Waals surface area contributed by atoms with Crippen LogP contribution >= 0.6 is 23.1 Å². The van der Waals surface area contributed by atoms with Gasteiger partial charge in [-0.05, 0) is 51.5 Å². The molecule has 2 aliphatic carbocycles. The molecule has 0 bridgehead atoms. The van der Waals surface area contributed by atoms with Gasteiger partial charge < -0.3 is 5.32 Å². The van der Waals surface area contributed by atoms with Gasteiger partial charge in [0.15, 0.2) is 0 Å². The van der Waals surface area contributed by atoms with Crippen molar-refractivity contribution in [3.63, 3.8) is 0 Å². The van der Waals surface area contributed by atoms with Crippen LogP contribution in [-0.4, -0.2) is 27.2 Å². The number of fused-ring (bicyclic) bond motifs is 3. The van der Waals surface area contributed by atoms with E-state index in [1.165, 1.54) is 41.5 Å². The molecule has 0 radical (unpaired) electrons. The van der Waals surface area contributed by atoms with Gasteiger partial charge in [-0.15, -0.1) is 11.3 Å². The minimum atomic E-state index is -0.128. The predicted molar refractivity (Wildman–Crippen MR) is 105 cm³/mol. The Bertz CT molecular complexity index is 796. The number of thiophene rings is 1. The van der Waals surface area contributed by atoms with Crippen LogP contribution in [0.5, 0.6) is 0 Å². The normalized spacial score (nSPS) is 19.1. The molecule has 1 unspecified atom stereocenters. The Morgan fingerprint density at radius 2 is 2.00 bits per heavy atom. The monoisotopic (exact) mass is 375 g/mol. The fourth-order valence-corrected chi connectivity index (χ4v) is 6.34. The van der Waals surface area contributed by atoms with Crippen molar-refractivity contribution in [1.82, 2.24) is 15.3 Å². The second-order valence-electron chi connectivity index (χ2n) is 7.22.